The maximum absolute atomic E-state index is 11.6. The lowest BCUT2D eigenvalue weighted by molar-refractivity contribution is -0.118. The molecule has 1 unspecified atom stereocenters. The van der Waals surface area contributed by atoms with E-state index in [2.05, 4.69) is 19.2 Å². The van der Waals surface area contributed by atoms with Gasteiger partial charge in [-0.1, -0.05) is 30.1 Å². The fourth-order valence-electron chi connectivity index (χ4n) is 2.42. The number of nitrogens with one attached hydrogen (secondary N) is 1. The number of ketones is 1. The first kappa shape index (κ1) is 17.0. The molecule has 0 radical (unpaired) electrons. The normalized spacial score (nSPS) is 20.8. The SMILES string of the molecule is CCC(=O)CCC1=S(c2ccc(Cl)cc2Cl)CC(C)(C)N1. The van der Waals surface area contributed by atoms with Crippen LogP contribution in [0.15, 0.2) is 23.1 Å². The smallest absolute Gasteiger partial charge is 0.133 e. The molecule has 1 heterocycles. The summed E-state index contributed by atoms with van der Waals surface area (Å²) in [6, 6.07) is 5.69. The van der Waals surface area contributed by atoms with Crippen molar-refractivity contribution in [1.82, 2.24) is 5.32 Å². The fourth-order valence-corrected chi connectivity index (χ4v) is 5.78. The van der Waals surface area contributed by atoms with Crippen molar-refractivity contribution >= 4 is 44.5 Å². The lowest BCUT2D eigenvalue weighted by atomic mass is 10.1. The van der Waals surface area contributed by atoms with Gasteiger partial charge in [-0.05, 0) is 38.5 Å². The topological polar surface area (TPSA) is 29.1 Å². The predicted molar refractivity (Wildman–Crippen MR) is 93.9 cm³/mol. The first-order chi connectivity index (χ1) is 9.82. The second kappa shape index (κ2) is 6.82. The first-order valence-corrected chi connectivity index (χ1v) is 9.29. The van der Waals surface area contributed by atoms with E-state index >= 15 is 0 Å². The van der Waals surface area contributed by atoms with Crippen LogP contribution in [0.25, 0.3) is 0 Å². The zero-order valence-corrected chi connectivity index (χ0v) is 15.0. The Morgan fingerprint density at radius 3 is 2.71 bits per heavy atom. The van der Waals surface area contributed by atoms with Gasteiger partial charge in [0.15, 0.2) is 0 Å². The average molecular weight is 346 g/mol. The summed E-state index contributed by atoms with van der Waals surface area (Å²) in [5, 5.41) is 4.95. The van der Waals surface area contributed by atoms with Crippen molar-refractivity contribution in [3.63, 3.8) is 0 Å². The van der Waals surface area contributed by atoms with Crippen LogP contribution < -0.4 is 5.32 Å². The number of carbonyl (C=O) groups is 1. The van der Waals surface area contributed by atoms with Gasteiger partial charge in [0.25, 0.3) is 0 Å². The molecule has 0 aliphatic carbocycles. The predicted octanol–water partition coefficient (Wildman–Crippen LogP) is 4.89. The molecule has 116 valence electrons. The van der Waals surface area contributed by atoms with E-state index < -0.39 is 0 Å². The monoisotopic (exact) mass is 345 g/mol. The van der Waals surface area contributed by atoms with Gasteiger partial charge in [-0.25, -0.2) is 0 Å². The summed E-state index contributed by atoms with van der Waals surface area (Å²) < 4.78 is 0. The summed E-state index contributed by atoms with van der Waals surface area (Å²) >= 11 is 12.4. The Balaban J connectivity index is 2.32. The van der Waals surface area contributed by atoms with Crippen molar-refractivity contribution in [2.45, 2.75) is 50.5 Å². The fraction of sp³-hybridized carbons (Fsp3) is 0.500. The molecule has 21 heavy (non-hydrogen) atoms. The van der Waals surface area contributed by atoms with E-state index in [1.807, 2.05) is 19.1 Å². The molecule has 0 saturated heterocycles. The van der Waals surface area contributed by atoms with Crippen molar-refractivity contribution < 1.29 is 4.79 Å². The van der Waals surface area contributed by atoms with E-state index in [-0.39, 0.29) is 16.0 Å². The summed E-state index contributed by atoms with van der Waals surface area (Å²) in [6.07, 6.45) is 1.99. The molecule has 1 aromatic rings. The van der Waals surface area contributed by atoms with Crippen molar-refractivity contribution in [3.8, 4) is 0 Å². The zero-order valence-electron chi connectivity index (χ0n) is 12.6. The van der Waals surface area contributed by atoms with Gasteiger partial charge in [-0.15, -0.1) is 10.5 Å². The van der Waals surface area contributed by atoms with E-state index in [0.717, 1.165) is 17.1 Å². The number of rotatable bonds is 5. The number of hydrogen-bond acceptors (Lipinski definition) is 2. The van der Waals surface area contributed by atoms with Crippen LogP contribution in [0.5, 0.6) is 0 Å². The average Bonchev–Trinajstić information content (AvgIpc) is 2.71. The lowest BCUT2D eigenvalue weighted by Gasteiger charge is -2.18. The minimum absolute atomic E-state index is 0.0384. The molecule has 0 fully saturated rings. The highest BCUT2D eigenvalue weighted by Crippen LogP contribution is 2.41. The number of hydrogen-bond donors (Lipinski definition) is 1. The van der Waals surface area contributed by atoms with Crippen molar-refractivity contribution in [2.24, 2.45) is 0 Å². The molecule has 2 rings (SSSR count). The van der Waals surface area contributed by atoms with Gasteiger partial charge in [-0.3, -0.25) is 10.1 Å². The Labute approximate surface area is 139 Å². The summed E-state index contributed by atoms with van der Waals surface area (Å²) in [4.78, 5) is 14.0. The molecule has 5 heteroatoms. The number of Topliss-reactive ketones (excluding diaryl/α,β-unsaturated/α-hetero) is 1. The molecule has 1 aromatic carbocycles. The minimum atomic E-state index is -0.0734. The van der Waals surface area contributed by atoms with Gasteiger partial charge in [0.05, 0.1) is 5.02 Å². The molecule has 0 spiro atoms. The maximum Gasteiger partial charge on any atom is 0.133 e. The molecule has 1 atom stereocenters. The Morgan fingerprint density at radius 2 is 2.10 bits per heavy atom. The van der Waals surface area contributed by atoms with Crippen LogP contribution in [-0.4, -0.2) is 22.1 Å². The molecule has 0 amide bonds. The quantitative estimate of drug-likeness (QED) is 0.769. The summed E-state index contributed by atoms with van der Waals surface area (Å²) in [6.45, 7) is 6.28. The molecule has 1 N–H and O–H groups in total. The third-order valence-electron chi connectivity index (χ3n) is 3.47. The van der Waals surface area contributed by atoms with Crippen LogP contribution in [0.3, 0.4) is 0 Å². The Hall–Kier alpha value is -0.350. The first-order valence-electron chi connectivity index (χ1n) is 7.14. The van der Waals surface area contributed by atoms with E-state index in [1.165, 1.54) is 4.99 Å². The highest BCUT2D eigenvalue weighted by Gasteiger charge is 2.30. The number of carbonyl (C=O) groups excluding carboxylic acids is 1. The largest absolute Gasteiger partial charge is 0.300 e. The third-order valence-corrected chi connectivity index (χ3v) is 6.92. The van der Waals surface area contributed by atoms with E-state index in [9.17, 15) is 4.79 Å². The van der Waals surface area contributed by atoms with Gasteiger partial charge in [0, 0.05) is 39.0 Å². The molecule has 0 bridgehead atoms. The molecule has 1 aliphatic heterocycles. The lowest BCUT2D eigenvalue weighted by Crippen LogP contribution is -2.39. The van der Waals surface area contributed by atoms with E-state index in [4.69, 9.17) is 23.2 Å². The molecule has 0 saturated carbocycles. The van der Waals surface area contributed by atoms with Crippen LogP contribution in [0.4, 0.5) is 0 Å². The summed E-state index contributed by atoms with van der Waals surface area (Å²) in [5.41, 5.74) is 0.0384. The van der Waals surface area contributed by atoms with Gasteiger partial charge in [-0.2, -0.15) is 0 Å². The summed E-state index contributed by atoms with van der Waals surface area (Å²) in [5.74, 6) is 1.31. The molecular weight excluding hydrogens is 325 g/mol. The van der Waals surface area contributed by atoms with Crippen LogP contribution in [-0.2, 0) is 4.79 Å². The standard InChI is InChI=1S/C16H21Cl2NOS/c1-4-12(20)6-8-15-19-16(2,3)10-21(15)14-7-5-11(17)9-13(14)18/h5,7,9,19H,4,6,8,10H2,1-3H3. The van der Waals surface area contributed by atoms with Gasteiger partial charge in [0.2, 0.25) is 0 Å². The van der Waals surface area contributed by atoms with Crippen LogP contribution in [0.2, 0.25) is 10.0 Å². The number of halogens is 2. The van der Waals surface area contributed by atoms with Crippen molar-refractivity contribution in [1.29, 1.82) is 0 Å². The van der Waals surface area contributed by atoms with Crippen LogP contribution in [0.1, 0.15) is 40.0 Å². The zero-order chi connectivity index (χ0) is 15.6. The second-order valence-electron chi connectivity index (χ2n) is 5.93. The highest BCUT2D eigenvalue weighted by atomic mass is 35.5. The molecule has 2 nitrogen and oxygen atoms in total. The van der Waals surface area contributed by atoms with Crippen LogP contribution >= 0.6 is 33.7 Å². The van der Waals surface area contributed by atoms with Crippen molar-refractivity contribution in [2.75, 3.05) is 5.75 Å². The van der Waals surface area contributed by atoms with E-state index in [1.54, 1.807) is 6.07 Å². The number of benzene rings is 1. The summed E-state index contributed by atoms with van der Waals surface area (Å²) in [7, 11) is -0.0734. The maximum atomic E-state index is 11.6. The Bertz CT molecular complexity index is 596. The van der Waals surface area contributed by atoms with Gasteiger partial charge < -0.3 is 0 Å². The Kier molecular flexibility index (Phi) is 5.53. The van der Waals surface area contributed by atoms with Gasteiger partial charge >= 0.3 is 0 Å². The molecule has 0 aromatic heterocycles. The highest BCUT2D eigenvalue weighted by molar-refractivity contribution is 8.16. The van der Waals surface area contributed by atoms with Gasteiger partial charge in [0.1, 0.15) is 5.78 Å². The second-order valence-corrected chi connectivity index (χ2v) is 8.78. The third kappa shape index (κ3) is 4.32. The molecule has 1 aliphatic rings. The van der Waals surface area contributed by atoms with Crippen molar-refractivity contribution in [3.05, 3.63) is 28.2 Å². The van der Waals surface area contributed by atoms with E-state index in [0.29, 0.717) is 28.7 Å². The van der Waals surface area contributed by atoms with Crippen LogP contribution in [0, 0.1) is 0 Å². The molecular formula is C16H21Cl2NOS. The Morgan fingerprint density at radius 1 is 1.38 bits per heavy atom. The minimum Gasteiger partial charge on any atom is -0.300 e.